The average molecular weight is 1830 g/mol. The smallest absolute Gasteiger partial charge is 0.325 e. The summed E-state index contributed by atoms with van der Waals surface area (Å²) >= 11 is 2.35. The van der Waals surface area contributed by atoms with Crippen LogP contribution < -0.4 is 64.6 Å². The molecule has 7 aromatic rings. The van der Waals surface area contributed by atoms with Gasteiger partial charge in [-0.15, -0.1) is 0 Å². The number of para-hydroxylation sites is 3. The second-order valence-corrected chi connectivity index (χ2v) is 35.6. The van der Waals surface area contributed by atoms with Gasteiger partial charge in [0.25, 0.3) is 5.91 Å². The summed E-state index contributed by atoms with van der Waals surface area (Å²) in [6.45, 7) is 7.48. The predicted molar refractivity (Wildman–Crippen MR) is 488 cm³/mol. The Bertz CT molecular complexity index is 5220. The van der Waals surface area contributed by atoms with Crippen molar-refractivity contribution in [3.63, 3.8) is 0 Å². The number of ether oxygens (including phenoxy) is 1. The van der Waals surface area contributed by atoms with E-state index in [1.807, 2.05) is 39.8 Å². The van der Waals surface area contributed by atoms with Crippen molar-refractivity contribution < 1.29 is 86.6 Å². The van der Waals surface area contributed by atoms with E-state index in [1.165, 1.54) is 85.5 Å². The third-order valence-corrected chi connectivity index (χ3v) is 25.6. The number of benzene rings is 4. The molecule has 130 heavy (non-hydrogen) atoms. The number of nitrogens with zero attached hydrogens (tertiary/aromatic N) is 7. The van der Waals surface area contributed by atoms with Gasteiger partial charge in [0.1, 0.15) is 78.8 Å². The van der Waals surface area contributed by atoms with Crippen LogP contribution in [-0.4, -0.2) is 284 Å². The monoisotopic (exact) mass is 1830 g/mol. The largest absolute Gasteiger partial charge is 0.508 e. The second kappa shape index (κ2) is 47.0. The zero-order valence-electron chi connectivity index (χ0n) is 74.7. The van der Waals surface area contributed by atoms with Gasteiger partial charge in [0.05, 0.1) is 36.0 Å². The van der Waals surface area contributed by atoms with Gasteiger partial charge in [-0.1, -0.05) is 125 Å². The highest BCUT2D eigenvalue weighted by Gasteiger charge is 2.44. The lowest BCUT2D eigenvalue weighted by molar-refractivity contribution is -0.149. The maximum Gasteiger partial charge on any atom is 0.325 e. The quantitative estimate of drug-likeness (QED) is 0.0456. The molecule has 10 rings (SSSR count). The Morgan fingerprint density at radius 2 is 1.19 bits per heavy atom. The number of anilines is 1. The molecular formula is C90H120N20O18S2. The van der Waals surface area contributed by atoms with E-state index < -0.39 is 180 Å². The number of aromatic amines is 1. The number of fused-ring (bicyclic) bond motifs is 5. The summed E-state index contributed by atoms with van der Waals surface area (Å²) in [6, 6.07) is 12.0. The number of carbonyl (C=O) groups is 16. The summed E-state index contributed by atoms with van der Waals surface area (Å²) in [4.78, 5) is 247. The molecule has 0 radical (unpaired) electrons. The minimum atomic E-state index is -1.96. The van der Waals surface area contributed by atoms with E-state index in [0.29, 0.717) is 74.8 Å². The molecule has 4 aromatic carbocycles. The first-order chi connectivity index (χ1) is 62.2. The van der Waals surface area contributed by atoms with Crippen LogP contribution in [0.3, 0.4) is 0 Å². The van der Waals surface area contributed by atoms with Crippen LogP contribution in [0.25, 0.3) is 32.0 Å². The third kappa shape index (κ3) is 26.3. The molecule has 40 heteroatoms. The van der Waals surface area contributed by atoms with Crippen molar-refractivity contribution in [1.29, 1.82) is 0 Å². The summed E-state index contributed by atoms with van der Waals surface area (Å²) in [5.74, 6) is -13.2. The molecular weight excluding hydrogens is 1710 g/mol. The lowest BCUT2D eigenvalue weighted by Crippen LogP contribution is -2.62. The fourth-order valence-corrected chi connectivity index (χ4v) is 17.9. The van der Waals surface area contributed by atoms with Crippen molar-refractivity contribution in [2.45, 2.75) is 210 Å². The molecule has 15 amide bonds. The molecule has 16 N–H and O–H groups in total. The molecule has 38 nitrogen and oxygen atoms in total. The number of nitrogens with one attached hydrogen (secondary N) is 11. The normalized spacial score (nSPS) is 23.6. The van der Waals surface area contributed by atoms with E-state index in [9.17, 15) is 62.6 Å². The van der Waals surface area contributed by atoms with E-state index in [1.54, 1.807) is 77.6 Å². The van der Waals surface area contributed by atoms with Gasteiger partial charge in [-0.05, 0) is 111 Å². The lowest BCUT2D eigenvalue weighted by Gasteiger charge is -2.36. The van der Waals surface area contributed by atoms with Crippen LogP contribution in [0.4, 0.5) is 5.13 Å². The number of thioether (sulfide) groups is 1. The Kier molecular flexibility index (Phi) is 36.0. The molecule has 0 spiro atoms. The van der Waals surface area contributed by atoms with Crippen molar-refractivity contribution in [2.24, 2.45) is 17.4 Å². The number of aromatic nitrogens is 3. The molecule has 3 aliphatic heterocycles. The molecule has 12 atom stereocenters. The van der Waals surface area contributed by atoms with Crippen molar-refractivity contribution >= 4 is 155 Å². The molecule has 0 saturated carbocycles. The summed E-state index contributed by atoms with van der Waals surface area (Å²) in [5, 5.41) is 39.4. The molecule has 3 fully saturated rings. The SMILES string of the molecule is CCCC[C@H]1C(=O)N(C)[C@@H](CCCC)C(=O)N[C@@H](CC(C)C)C(=O)NCCSCC(=O)N[C@@H](Cc2ccc(O)cc2)C(=O)N(C)[C@@H](C)C(=O)N[C@@H](CC(N)=O)C(=O)N2CCCC2C(=O)N[C@@H](CNc2nc3ccccc3s2)C(=O)NCC(=O)N2CCCC2C(=O)N[C@@H](Cc2c[nH]c3ccccc23)C(=O)NC(N)C(=O)N[C@@H](Cc2cn(CC(=O)OC)c3ccccc23)C(=O)N1C. The fourth-order valence-electron chi connectivity index (χ4n) is 16.3. The van der Waals surface area contributed by atoms with Crippen molar-refractivity contribution in [1.82, 2.24) is 86.9 Å². The van der Waals surface area contributed by atoms with Gasteiger partial charge in [0, 0.05) is 107 Å². The first-order valence-electron chi connectivity index (χ1n) is 43.9. The number of esters is 1. The number of rotatable bonds is 21. The van der Waals surface area contributed by atoms with E-state index in [2.05, 4.69) is 63.1 Å². The van der Waals surface area contributed by atoms with Crippen LogP contribution in [0, 0.1) is 5.92 Å². The number of H-pyrrole nitrogens is 1. The first-order valence-corrected chi connectivity index (χ1v) is 45.9. The number of amides is 15. The molecule has 3 unspecified atom stereocenters. The topological polar surface area (TPSA) is 525 Å². The Balaban J connectivity index is 0.972. The number of aromatic hydroxyl groups is 1. The number of methoxy groups -OCH3 is 1. The van der Waals surface area contributed by atoms with Crippen LogP contribution in [-0.2, 0) is 107 Å². The van der Waals surface area contributed by atoms with Gasteiger partial charge in [-0.25, -0.2) is 4.98 Å². The Morgan fingerprint density at radius 3 is 1.88 bits per heavy atom. The number of likely N-dealkylation sites (N-methyl/N-ethyl adjacent to an activating group) is 3. The number of phenolic OH excluding ortho intramolecular Hbond substituents is 1. The zero-order chi connectivity index (χ0) is 94.2. The van der Waals surface area contributed by atoms with Crippen LogP contribution in [0.5, 0.6) is 5.75 Å². The minimum Gasteiger partial charge on any atom is -0.508 e. The number of nitrogens with two attached hydrogens (primary N) is 2. The third-order valence-electron chi connectivity index (χ3n) is 23.6. The van der Waals surface area contributed by atoms with E-state index in [0.717, 1.165) is 26.3 Å². The number of hydrogen-bond acceptors (Lipinski definition) is 23. The molecule has 3 aromatic heterocycles. The van der Waals surface area contributed by atoms with E-state index in [4.69, 9.17) is 16.2 Å². The summed E-state index contributed by atoms with van der Waals surface area (Å²) < 4.78 is 7.43. The molecule has 700 valence electrons. The number of unbranched alkanes of at least 4 members (excludes halogenated alkanes) is 2. The number of phenols is 1. The van der Waals surface area contributed by atoms with Crippen LogP contribution >= 0.6 is 23.1 Å². The second-order valence-electron chi connectivity index (χ2n) is 33.4. The molecule has 6 heterocycles. The van der Waals surface area contributed by atoms with Crippen LogP contribution in [0.1, 0.15) is 128 Å². The highest BCUT2D eigenvalue weighted by atomic mass is 32.2. The molecule has 0 aliphatic carbocycles. The van der Waals surface area contributed by atoms with E-state index in [-0.39, 0.29) is 120 Å². The fraction of sp³-hybridized carbons (Fsp3) is 0.500. The zero-order valence-corrected chi connectivity index (χ0v) is 76.3. The molecule has 3 saturated heterocycles. The summed E-state index contributed by atoms with van der Waals surface area (Å²) in [7, 11) is 5.36. The van der Waals surface area contributed by atoms with E-state index >= 15 is 19.2 Å². The van der Waals surface area contributed by atoms with Crippen LogP contribution in [0.2, 0.25) is 0 Å². The van der Waals surface area contributed by atoms with Gasteiger partial charge < -0.3 is 109 Å². The number of hydrogen-bond donors (Lipinski definition) is 14. The minimum absolute atomic E-state index is 0.00847. The predicted octanol–water partition coefficient (Wildman–Crippen LogP) is 1.82. The highest BCUT2D eigenvalue weighted by Crippen LogP contribution is 2.30. The Labute approximate surface area is 761 Å². The number of carbonyl (C=O) groups excluding carboxylic acids is 16. The molecule has 3 aliphatic rings. The van der Waals surface area contributed by atoms with Crippen molar-refractivity contribution in [3.05, 3.63) is 126 Å². The maximum absolute atomic E-state index is 15.8. The van der Waals surface area contributed by atoms with Gasteiger partial charge in [0.15, 0.2) is 11.3 Å². The summed E-state index contributed by atoms with van der Waals surface area (Å²) in [6.07, 6.45) is 2.87. The van der Waals surface area contributed by atoms with Crippen molar-refractivity contribution in [2.75, 3.05) is 77.8 Å². The van der Waals surface area contributed by atoms with Crippen molar-refractivity contribution in [3.8, 4) is 5.75 Å². The maximum atomic E-state index is 15.8. The Morgan fingerprint density at radius 1 is 0.600 bits per heavy atom. The lowest BCUT2D eigenvalue weighted by atomic mass is 9.99. The van der Waals surface area contributed by atoms with Gasteiger partial charge in [0.2, 0.25) is 82.7 Å². The summed E-state index contributed by atoms with van der Waals surface area (Å²) in [5.41, 5.74) is 15.8. The van der Waals surface area contributed by atoms with Crippen LogP contribution in [0.15, 0.2) is 109 Å². The highest BCUT2D eigenvalue weighted by molar-refractivity contribution is 7.99. The number of primary amides is 1. The molecule has 0 bridgehead atoms. The number of thiazole rings is 1. The van der Waals surface area contributed by atoms with Gasteiger partial charge in [-0.2, -0.15) is 11.8 Å². The first kappa shape index (κ1) is 99.4. The average Bonchev–Trinajstić information content (AvgIpc) is 1.63. The Hall–Kier alpha value is -12.7. The van der Waals surface area contributed by atoms with Gasteiger partial charge in [-0.3, -0.25) is 76.7 Å². The van der Waals surface area contributed by atoms with Gasteiger partial charge >= 0.3 is 5.97 Å². The standard InChI is InChI=1S/C90H120N20O18S2/c1-10-12-26-68-82(120)98-61(40-51(3)4)79(117)93-36-39-129-50-74(113)97-63(41-53-32-34-56(111)35-33-53)86(124)105(6)52(5)78(116)100-65(44-73(91)112)88(126)110-38-21-30-70(110)84(122)102-66(46-96-90-103-60-25-17-19-31-72(60)130-90)80(118)95-47-75(114)109-37-20-29-69(109)83(121)99-62(42-54-45-94-59-24-16-14-22-57(54)59)81(119)104-77(92)85(123)101-64(87(125)107(8)71(27-13-11-2)89(127)106(68)7)43-55-48-108(49-76(115)128-9)67-28-18-15-23-58(55)67/h14-19,22-25,28,31-35,45,48,51-52,61-66,68-71,77,94,111H,10-13,20-21,26-27,29-30,36-44,46-47,49-50,92H2,1-9H3,(H2,91,112)(H,93,117)(H,95,118)(H,96,103)(H,97,113)(H,98,120)(H,99,121)(H,100,116)(H,101,123)(H,102,122)(H,104,119)/t52-,61-,62-,63-,64-,65-,66-,68-,69?,70?,71-,77?/m0/s1.